The fraction of sp³-hybridized carbons (Fsp3) is 0.628. The number of unbranched alkanes of at least 4 members (excludes halogenated alkanes) is 1. The van der Waals surface area contributed by atoms with Crippen molar-refractivity contribution >= 4 is 59.2 Å². The molecule has 2 rings (SSSR count). The summed E-state index contributed by atoms with van der Waals surface area (Å²) in [6.45, 7) is 2.86. The second-order valence-electron chi connectivity index (χ2n) is 16.9. The smallest absolute Gasteiger partial charge is 0.326 e. The predicted molar refractivity (Wildman–Crippen MR) is 252 cm³/mol. The van der Waals surface area contributed by atoms with Crippen molar-refractivity contribution in [3.8, 4) is 0 Å². The highest BCUT2D eigenvalue weighted by molar-refractivity contribution is 5.97. The number of likely N-dealkylation sites (tertiary alicyclic amines) is 1. The fourth-order valence-corrected chi connectivity index (χ4v) is 7.27. The number of aliphatic hydroxyl groups is 1. The number of aliphatic imine (C=N–C) groups is 2. The van der Waals surface area contributed by atoms with Gasteiger partial charge in [0.2, 0.25) is 41.4 Å². The quantitative estimate of drug-likeness (QED) is 0.0189. The van der Waals surface area contributed by atoms with Gasteiger partial charge in [-0.15, -0.1) is 0 Å². The molecule has 1 heterocycles. The first-order valence-electron chi connectivity index (χ1n) is 22.8. The highest BCUT2D eigenvalue weighted by Gasteiger charge is 2.39. The normalized spacial score (nSPS) is 15.9. The predicted octanol–water partition coefficient (Wildman–Crippen LogP) is -4.55. The molecule has 380 valence electrons. The van der Waals surface area contributed by atoms with Crippen LogP contribution < -0.4 is 66.3 Å². The number of benzene rings is 1. The van der Waals surface area contributed by atoms with E-state index in [1.165, 1.54) is 4.90 Å². The molecule has 0 radical (unpaired) electrons. The van der Waals surface area contributed by atoms with Crippen molar-refractivity contribution in [2.75, 3.05) is 39.3 Å². The van der Waals surface area contributed by atoms with Crippen LogP contribution in [0.25, 0.3) is 0 Å². The Bertz CT molecular complexity index is 1880. The van der Waals surface area contributed by atoms with Crippen molar-refractivity contribution < 1.29 is 48.6 Å². The van der Waals surface area contributed by atoms with E-state index >= 15 is 0 Å². The molecule has 1 aromatic rings. The third-order valence-electron chi connectivity index (χ3n) is 10.8. The molecule has 68 heavy (non-hydrogen) atoms. The Labute approximate surface area is 396 Å². The second-order valence-corrected chi connectivity index (χ2v) is 16.9. The molecule has 20 N–H and O–H groups in total. The van der Waals surface area contributed by atoms with Gasteiger partial charge in [0.25, 0.3) is 0 Å². The van der Waals surface area contributed by atoms with Crippen molar-refractivity contribution in [3.63, 3.8) is 0 Å². The minimum Gasteiger partial charge on any atom is -0.480 e. The van der Waals surface area contributed by atoms with E-state index < -0.39 is 103 Å². The highest BCUT2D eigenvalue weighted by atomic mass is 16.4. The summed E-state index contributed by atoms with van der Waals surface area (Å²) in [6.07, 6.45) is 2.36. The van der Waals surface area contributed by atoms with Gasteiger partial charge in [-0.3, -0.25) is 43.5 Å². The first kappa shape index (κ1) is 57.5. The van der Waals surface area contributed by atoms with E-state index in [0.29, 0.717) is 25.8 Å². The van der Waals surface area contributed by atoms with Gasteiger partial charge in [0, 0.05) is 19.6 Å². The van der Waals surface area contributed by atoms with Gasteiger partial charge >= 0.3 is 5.97 Å². The number of aliphatic carboxylic acids is 1. The van der Waals surface area contributed by atoms with Gasteiger partial charge < -0.3 is 81.4 Å². The monoisotopic (exact) mass is 960 g/mol. The SMILES string of the molecule is CC(C)C[C@H](NC(=O)[C@H](CCCN=C(N)N)NC(=O)[C@@H]1CCCN1C(=O)[C@H](CO)NC(=O)[C@@H](N)Cc1ccccc1)C(=O)NCC(=O)N[C@@H](CCCCN)C(=O)N[C@@H](CCCN=C(N)N)C(=O)O. The Hall–Kier alpha value is -6.60. The number of nitrogens with zero attached hydrogens (tertiary/aromatic N) is 3. The number of rotatable bonds is 31. The molecule has 25 nitrogen and oxygen atoms in total. The van der Waals surface area contributed by atoms with Gasteiger partial charge in [0.1, 0.15) is 36.3 Å². The Morgan fingerprint density at radius 1 is 0.721 bits per heavy atom. The van der Waals surface area contributed by atoms with Crippen LogP contribution in [-0.2, 0) is 44.8 Å². The maximum absolute atomic E-state index is 14.0. The third-order valence-corrected chi connectivity index (χ3v) is 10.8. The number of carboxylic acid groups (broad SMARTS) is 1. The van der Waals surface area contributed by atoms with E-state index in [4.69, 9.17) is 34.4 Å². The summed E-state index contributed by atoms with van der Waals surface area (Å²) >= 11 is 0. The number of nitrogens with two attached hydrogens (primary N) is 6. The van der Waals surface area contributed by atoms with Gasteiger partial charge in [-0.05, 0) is 88.7 Å². The van der Waals surface area contributed by atoms with Gasteiger partial charge in [0.15, 0.2) is 11.9 Å². The molecular weight excluding hydrogens is 887 g/mol. The van der Waals surface area contributed by atoms with Crippen LogP contribution in [0.2, 0.25) is 0 Å². The van der Waals surface area contributed by atoms with Gasteiger partial charge in [0.05, 0.1) is 19.2 Å². The van der Waals surface area contributed by atoms with Crippen LogP contribution in [0.5, 0.6) is 0 Å². The molecule has 0 aliphatic carbocycles. The van der Waals surface area contributed by atoms with Gasteiger partial charge in [-0.25, -0.2) is 4.79 Å². The summed E-state index contributed by atoms with van der Waals surface area (Å²) in [5, 5.41) is 35.2. The molecule has 1 fully saturated rings. The summed E-state index contributed by atoms with van der Waals surface area (Å²) in [6, 6.07) is 0.511. The summed E-state index contributed by atoms with van der Waals surface area (Å²) < 4.78 is 0. The van der Waals surface area contributed by atoms with Crippen molar-refractivity contribution in [3.05, 3.63) is 35.9 Å². The zero-order valence-electron chi connectivity index (χ0n) is 39.0. The number of carbonyl (C=O) groups excluding carboxylic acids is 7. The number of carboxylic acids is 1. The number of carbonyl (C=O) groups is 8. The summed E-state index contributed by atoms with van der Waals surface area (Å²) in [5.74, 6) is -6.98. The van der Waals surface area contributed by atoms with Crippen LogP contribution in [0.15, 0.2) is 40.3 Å². The third kappa shape index (κ3) is 21.4. The van der Waals surface area contributed by atoms with Crippen LogP contribution in [0.3, 0.4) is 0 Å². The molecule has 1 aliphatic heterocycles. The van der Waals surface area contributed by atoms with Gasteiger partial charge in [-0.2, -0.15) is 0 Å². The largest absolute Gasteiger partial charge is 0.480 e. The molecular formula is C43H73N15O10. The lowest BCUT2D eigenvalue weighted by molar-refractivity contribution is -0.143. The lowest BCUT2D eigenvalue weighted by Crippen LogP contribution is -2.59. The summed E-state index contributed by atoms with van der Waals surface area (Å²) in [5.41, 5.74) is 34.1. The van der Waals surface area contributed by atoms with Gasteiger partial charge in [-0.1, -0.05) is 44.2 Å². The molecule has 0 spiro atoms. The topological polar surface area (TPSA) is 433 Å². The number of hydrogen-bond donors (Lipinski definition) is 14. The van der Waals surface area contributed by atoms with Crippen LogP contribution in [0.4, 0.5) is 0 Å². The highest BCUT2D eigenvalue weighted by Crippen LogP contribution is 2.20. The lowest BCUT2D eigenvalue weighted by Gasteiger charge is -2.30. The summed E-state index contributed by atoms with van der Waals surface area (Å²) in [7, 11) is 0. The second kappa shape index (κ2) is 30.6. The maximum atomic E-state index is 14.0. The van der Waals surface area contributed by atoms with E-state index in [-0.39, 0.29) is 88.8 Å². The Balaban J connectivity index is 2.18. The van der Waals surface area contributed by atoms with Crippen molar-refractivity contribution in [1.82, 2.24) is 36.8 Å². The summed E-state index contributed by atoms with van der Waals surface area (Å²) in [4.78, 5) is 115. The van der Waals surface area contributed by atoms with Crippen LogP contribution in [0.1, 0.15) is 83.6 Å². The van der Waals surface area contributed by atoms with E-state index in [1.807, 2.05) is 6.07 Å². The van der Waals surface area contributed by atoms with Crippen LogP contribution >= 0.6 is 0 Å². The zero-order valence-corrected chi connectivity index (χ0v) is 39.0. The van der Waals surface area contributed by atoms with E-state index in [2.05, 4.69) is 41.9 Å². The molecule has 7 atom stereocenters. The minimum atomic E-state index is -1.41. The molecule has 0 aromatic heterocycles. The Morgan fingerprint density at radius 2 is 1.28 bits per heavy atom. The first-order chi connectivity index (χ1) is 32.3. The number of amides is 7. The van der Waals surface area contributed by atoms with Crippen LogP contribution in [0, 0.1) is 5.92 Å². The average Bonchev–Trinajstić information content (AvgIpc) is 3.79. The molecule has 0 saturated carbocycles. The minimum absolute atomic E-state index is 0.00205. The zero-order chi connectivity index (χ0) is 50.8. The number of nitrogens with one attached hydrogen (secondary N) is 6. The number of aliphatic hydroxyl groups excluding tert-OH is 1. The van der Waals surface area contributed by atoms with Crippen molar-refractivity contribution in [2.24, 2.45) is 50.3 Å². The molecule has 1 aliphatic rings. The van der Waals surface area contributed by atoms with Crippen molar-refractivity contribution in [2.45, 2.75) is 127 Å². The molecule has 0 bridgehead atoms. The molecule has 1 aromatic carbocycles. The number of hydrogen-bond acceptors (Lipinski definition) is 13. The Morgan fingerprint density at radius 3 is 1.84 bits per heavy atom. The lowest BCUT2D eigenvalue weighted by atomic mass is 10.0. The average molecular weight is 960 g/mol. The standard InChI is InChI=1S/C43H73N15O10/c1-25(2)21-31(36(62)52-23-34(60)53-28(13-6-7-17-44)37(63)55-30(41(67)68)15-9-19-51-43(48)49)56-38(64)29(14-8-18-50-42(46)47)54-39(65)33-16-10-20-58(33)40(66)32(24-59)57-35(61)27(45)22-26-11-4-3-5-12-26/h3-5,11-12,25,27-33,59H,6-10,13-24,44-45H2,1-2H3,(H,52,62)(H,53,60)(H,54,65)(H,55,63)(H,56,64)(H,57,61)(H,67,68)(H4,46,47,50)(H4,48,49,51)/t27-,28-,29-,30-,31-,32-,33-/m0/s1. The van der Waals surface area contributed by atoms with E-state index in [9.17, 15) is 48.6 Å². The van der Waals surface area contributed by atoms with Crippen molar-refractivity contribution in [1.29, 1.82) is 0 Å². The Kier molecular flexibility index (Phi) is 25.9. The maximum Gasteiger partial charge on any atom is 0.326 e. The van der Waals surface area contributed by atoms with Crippen LogP contribution in [-0.4, -0.2) is 156 Å². The fourth-order valence-electron chi connectivity index (χ4n) is 7.27. The number of guanidine groups is 2. The molecule has 25 heteroatoms. The van der Waals surface area contributed by atoms with E-state index in [1.54, 1.807) is 38.1 Å². The molecule has 7 amide bonds. The van der Waals surface area contributed by atoms with E-state index in [0.717, 1.165) is 5.56 Å². The first-order valence-corrected chi connectivity index (χ1v) is 22.8. The molecule has 0 unspecified atom stereocenters. The molecule has 1 saturated heterocycles.